The predicted octanol–water partition coefficient (Wildman–Crippen LogP) is 1.72. The molecule has 0 radical (unpaired) electrons. The predicted molar refractivity (Wildman–Crippen MR) is 84.6 cm³/mol. The van der Waals surface area contributed by atoms with Gasteiger partial charge in [-0.3, -0.25) is 0 Å². The number of hydrogen-bond acceptors (Lipinski definition) is 5. The molecule has 0 spiro atoms. The van der Waals surface area contributed by atoms with E-state index in [1.54, 1.807) is 10.4 Å². The van der Waals surface area contributed by atoms with E-state index >= 15 is 0 Å². The molecule has 3 rings (SSSR count). The van der Waals surface area contributed by atoms with Crippen LogP contribution in [0.2, 0.25) is 0 Å². The van der Waals surface area contributed by atoms with E-state index in [-0.39, 0.29) is 11.8 Å². The lowest BCUT2D eigenvalue weighted by atomic mass is 9.92. The Morgan fingerprint density at radius 3 is 2.73 bits per heavy atom. The molecule has 0 amide bonds. The Bertz CT molecular complexity index is 746. The van der Waals surface area contributed by atoms with E-state index < -0.39 is 10.0 Å². The van der Waals surface area contributed by atoms with Crippen LogP contribution in [0.25, 0.3) is 11.0 Å². The molecule has 2 aromatic rings. The van der Waals surface area contributed by atoms with Crippen molar-refractivity contribution in [3.05, 3.63) is 30.0 Å². The van der Waals surface area contributed by atoms with Crippen molar-refractivity contribution in [3.63, 3.8) is 0 Å². The Morgan fingerprint density at radius 2 is 2.05 bits per heavy atom. The first-order valence-corrected chi connectivity index (χ1v) is 9.15. The molecule has 120 valence electrons. The largest absolute Gasteiger partial charge is 0.356 e. The molecule has 1 unspecified atom stereocenters. The third kappa shape index (κ3) is 3.02. The maximum Gasteiger partial charge on any atom is 0.220 e. The minimum atomic E-state index is -3.38. The summed E-state index contributed by atoms with van der Waals surface area (Å²) >= 11 is 0. The number of piperidine rings is 1. The van der Waals surface area contributed by atoms with Crippen LogP contribution in [0.5, 0.6) is 0 Å². The third-order valence-corrected chi connectivity index (χ3v) is 6.20. The lowest BCUT2D eigenvalue weighted by Crippen LogP contribution is -2.42. The summed E-state index contributed by atoms with van der Waals surface area (Å²) in [7, 11) is -3.38. The first-order chi connectivity index (χ1) is 10.5. The summed E-state index contributed by atoms with van der Waals surface area (Å²) in [5.74, 6) is 0.284. The van der Waals surface area contributed by atoms with Crippen molar-refractivity contribution in [1.29, 1.82) is 0 Å². The third-order valence-electron chi connectivity index (χ3n) is 4.41. The summed E-state index contributed by atoms with van der Waals surface area (Å²) in [4.78, 5) is 0. The first-order valence-electron chi connectivity index (χ1n) is 7.54. The minimum absolute atomic E-state index is 0.115. The van der Waals surface area contributed by atoms with Gasteiger partial charge in [-0.15, -0.1) is 0 Å². The maximum absolute atomic E-state index is 12.6. The second-order valence-corrected chi connectivity index (χ2v) is 7.95. The van der Waals surface area contributed by atoms with Gasteiger partial charge in [0, 0.05) is 24.5 Å². The number of nitrogens with two attached hydrogens (primary N) is 1. The highest BCUT2D eigenvalue weighted by Gasteiger charge is 2.30. The molecule has 0 saturated carbocycles. The van der Waals surface area contributed by atoms with Crippen LogP contribution in [-0.4, -0.2) is 37.0 Å². The quantitative estimate of drug-likeness (QED) is 0.925. The van der Waals surface area contributed by atoms with Crippen molar-refractivity contribution in [2.24, 2.45) is 11.7 Å². The lowest BCUT2D eigenvalue weighted by Gasteiger charge is -2.32. The summed E-state index contributed by atoms with van der Waals surface area (Å²) in [5, 5.41) is 4.68. The van der Waals surface area contributed by atoms with E-state index in [1.807, 2.05) is 25.1 Å². The smallest absolute Gasteiger partial charge is 0.220 e. The normalized spacial score (nSPS) is 19.5. The second-order valence-electron chi connectivity index (χ2n) is 5.98. The number of nitrogens with zero attached hydrogens (tertiary/aromatic N) is 2. The SMILES string of the molecule is CC(N)C1CCN(S(=O)(=O)Cc2noc3ccccc23)CC1. The Hall–Kier alpha value is -1.44. The average molecular weight is 323 g/mol. The molecule has 0 aliphatic carbocycles. The molecule has 22 heavy (non-hydrogen) atoms. The number of aromatic nitrogens is 1. The van der Waals surface area contributed by atoms with E-state index in [9.17, 15) is 8.42 Å². The van der Waals surface area contributed by atoms with Crippen molar-refractivity contribution < 1.29 is 12.9 Å². The van der Waals surface area contributed by atoms with E-state index in [0.29, 0.717) is 30.3 Å². The molecule has 2 N–H and O–H groups in total. The van der Waals surface area contributed by atoms with Gasteiger partial charge in [0.1, 0.15) is 11.4 Å². The standard InChI is InChI=1S/C15H21N3O3S/c1-11(16)12-6-8-18(9-7-12)22(19,20)10-14-13-4-2-3-5-15(13)21-17-14/h2-5,11-12H,6-10,16H2,1H3. The number of para-hydroxylation sites is 1. The van der Waals surface area contributed by atoms with Gasteiger partial charge in [0.2, 0.25) is 10.0 Å². The molecule has 0 bridgehead atoms. The van der Waals surface area contributed by atoms with Gasteiger partial charge in [0.25, 0.3) is 0 Å². The summed E-state index contributed by atoms with van der Waals surface area (Å²) in [6, 6.07) is 7.42. The van der Waals surface area contributed by atoms with Crippen LogP contribution in [0.15, 0.2) is 28.8 Å². The Balaban J connectivity index is 1.74. The Morgan fingerprint density at radius 1 is 1.36 bits per heavy atom. The molecule has 1 atom stereocenters. The molecular weight excluding hydrogens is 302 g/mol. The van der Waals surface area contributed by atoms with Gasteiger partial charge in [-0.05, 0) is 37.8 Å². The number of rotatable bonds is 4. The van der Waals surface area contributed by atoms with E-state index in [2.05, 4.69) is 5.16 Å². The van der Waals surface area contributed by atoms with Crippen molar-refractivity contribution in [2.75, 3.05) is 13.1 Å². The molecule has 1 saturated heterocycles. The fourth-order valence-electron chi connectivity index (χ4n) is 2.99. The van der Waals surface area contributed by atoms with Gasteiger partial charge in [-0.2, -0.15) is 0 Å². The van der Waals surface area contributed by atoms with E-state index in [4.69, 9.17) is 10.3 Å². The first kappa shape index (κ1) is 15.5. The fraction of sp³-hybridized carbons (Fsp3) is 0.533. The van der Waals surface area contributed by atoms with Crippen molar-refractivity contribution in [3.8, 4) is 0 Å². The number of benzene rings is 1. The highest BCUT2D eigenvalue weighted by Crippen LogP contribution is 2.25. The molecule has 7 heteroatoms. The van der Waals surface area contributed by atoms with Crippen molar-refractivity contribution in [2.45, 2.75) is 31.6 Å². The fourth-order valence-corrected chi connectivity index (χ4v) is 4.49. The number of fused-ring (bicyclic) bond motifs is 1. The van der Waals surface area contributed by atoms with Gasteiger partial charge in [0.05, 0.1) is 0 Å². The minimum Gasteiger partial charge on any atom is -0.356 e. The van der Waals surface area contributed by atoms with Gasteiger partial charge in [-0.25, -0.2) is 12.7 Å². The van der Waals surface area contributed by atoms with Gasteiger partial charge in [-0.1, -0.05) is 17.3 Å². The molecule has 1 aromatic heterocycles. The van der Waals surface area contributed by atoms with Gasteiger partial charge >= 0.3 is 0 Å². The lowest BCUT2D eigenvalue weighted by molar-refractivity contribution is 0.250. The zero-order valence-electron chi connectivity index (χ0n) is 12.6. The van der Waals surface area contributed by atoms with Crippen LogP contribution in [0.3, 0.4) is 0 Å². The molecule has 1 aliphatic heterocycles. The van der Waals surface area contributed by atoms with E-state index in [0.717, 1.165) is 18.2 Å². The zero-order valence-corrected chi connectivity index (χ0v) is 13.4. The summed E-state index contributed by atoms with van der Waals surface area (Å²) < 4.78 is 31.9. The molecule has 2 heterocycles. The summed E-state index contributed by atoms with van der Waals surface area (Å²) in [6.45, 7) is 3.05. The summed E-state index contributed by atoms with van der Waals surface area (Å²) in [6.07, 6.45) is 1.63. The van der Waals surface area contributed by atoms with Crippen LogP contribution in [0, 0.1) is 5.92 Å². The molecule has 1 aromatic carbocycles. The Labute approximate surface area is 130 Å². The van der Waals surface area contributed by atoms with Crippen molar-refractivity contribution >= 4 is 21.0 Å². The van der Waals surface area contributed by atoms with Crippen LogP contribution >= 0.6 is 0 Å². The van der Waals surface area contributed by atoms with Crippen molar-refractivity contribution in [1.82, 2.24) is 9.46 Å². The van der Waals surface area contributed by atoms with Crippen LogP contribution in [0.4, 0.5) is 0 Å². The highest BCUT2D eigenvalue weighted by molar-refractivity contribution is 7.88. The Kier molecular flexibility index (Phi) is 4.20. The summed E-state index contributed by atoms with van der Waals surface area (Å²) in [5.41, 5.74) is 6.99. The monoisotopic (exact) mass is 323 g/mol. The van der Waals surface area contributed by atoms with Crippen LogP contribution < -0.4 is 5.73 Å². The average Bonchev–Trinajstić information content (AvgIpc) is 2.90. The highest BCUT2D eigenvalue weighted by atomic mass is 32.2. The maximum atomic E-state index is 12.6. The second kappa shape index (κ2) is 5.98. The van der Waals surface area contributed by atoms with Crippen LogP contribution in [0.1, 0.15) is 25.5 Å². The van der Waals surface area contributed by atoms with Gasteiger partial charge in [0.15, 0.2) is 5.58 Å². The van der Waals surface area contributed by atoms with Crippen LogP contribution in [-0.2, 0) is 15.8 Å². The van der Waals surface area contributed by atoms with Gasteiger partial charge < -0.3 is 10.3 Å². The molecule has 6 nitrogen and oxygen atoms in total. The zero-order chi connectivity index (χ0) is 15.7. The van der Waals surface area contributed by atoms with E-state index in [1.165, 1.54) is 0 Å². The molecule has 1 fully saturated rings. The topological polar surface area (TPSA) is 89.4 Å². The number of hydrogen-bond donors (Lipinski definition) is 1. The molecule has 1 aliphatic rings. The molecular formula is C15H21N3O3S. The number of sulfonamides is 1.